The summed E-state index contributed by atoms with van der Waals surface area (Å²) in [6, 6.07) is 0. The van der Waals surface area contributed by atoms with Crippen molar-refractivity contribution in [3.8, 4) is 0 Å². The molecule has 0 saturated heterocycles. The van der Waals surface area contributed by atoms with Crippen LogP contribution < -0.4 is 11.1 Å². The maximum Gasteiger partial charge on any atom is 0.412 e. The standard InChI is InChI=1S/C8H14N4O2/c1-5(2)4-14-8(13)11-7-6(9)3-10-12-7/h3,5H,4,9H2,1-2H3,(H2,10,11,12,13). The fourth-order valence-electron chi connectivity index (χ4n) is 0.776. The van der Waals surface area contributed by atoms with Crippen molar-refractivity contribution in [3.05, 3.63) is 6.20 Å². The largest absolute Gasteiger partial charge is 0.449 e. The number of carbonyl (C=O) groups excluding carboxylic acids is 1. The van der Waals surface area contributed by atoms with Gasteiger partial charge in [0.05, 0.1) is 18.5 Å². The Labute approximate surface area is 81.8 Å². The molecule has 0 saturated carbocycles. The Bertz CT molecular complexity index is 308. The average molecular weight is 198 g/mol. The van der Waals surface area contributed by atoms with E-state index in [9.17, 15) is 4.79 Å². The lowest BCUT2D eigenvalue weighted by Crippen LogP contribution is -2.17. The highest BCUT2D eigenvalue weighted by atomic mass is 16.5. The lowest BCUT2D eigenvalue weighted by molar-refractivity contribution is 0.147. The molecule has 1 aromatic heterocycles. The number of rotatable bonds is 3. The summed E-state index contributed by atoms with van der Waals surface area (Å²) in [5.41, 5.74) is 5.86. The topological polar surface area (TPSA) is 93.0 Å². The first kappa shape index (κ1) is 10.4. The van der Waals surface area contributed by atoms with Crippen LogP contribution in [0.2, 0.25) is 0 Å². The zero-order valence-electron chi connectivity index (χ0n) is 8.20. The van der Waals surface area contributed by atoms with Crippen LogP contribution in [0.3, 0.4) is 0 Å². The van der Waals surface area contributed by atoms with Crippen molar-refractivity contribution in [2.45, 2.75) is 13.8 Å². The minimum absolute atomic E-state index is 0.305. The van der Waals surface area contributed by atoms with E-state index in [0.717, 1.165) is 0 Å². The van der Waals surface area contributed by atoms with Gasteiger partial charge in [-0.15, -0.1) is 0 Å². The van der Waals surface area contributed by atoms with Crippen LogP contribution in [-0.2, 0) is 4.74 Å². The van der Waals surface area contributed by atoms with Crippen LogP contribution in [0.4, 0.5) is 16.3 Å². The van der Waals surface area contributed by atoms with Crippen LogP contribution in [0.5, 0.6) is 0 Å². The minimum Gasteiger partial charge on any atom is -0.449 e. The van der Waals surface area contributed by atoms with Crippen molar-refractivity contribution in [3.63, 3.8) is 0 Å². The third-order valence-corrected chi connectivity index (χ3v) is 1.44. The highest BCUT2D eigenvalue weighted by Crippen LogP contribution is 2.12. The Morgan fingerprint density at radius 3 is 3.00 bits per heavy atom. The normalized spacial score (nSPS) is 10.2. The molecule has 1 heterocycles. The Morgan fingerprint density at radius 1 is 1.79 bits per heavy atom. The van der Waals surface area contributed by atoms with Crippen molar-refractivity contribution in [1.82, 2.24) is 10.2 Å². The van der Waals surface area contributed by atoms with E-state index in [2.05, 4.69) is 15.5 Å². The Morgan fingerprint density at radius 2 is 2.50 bits per heavy atom. The summed E-state index contributed by atoms with van der Waals surface area (Å²) in [4.78, 5) is 11.1. The van der Waals surface area contributed by atoms with Crippen molar-refractivity contribution in [2.24, 2.45) is 5.92 Å². The lowest BCUT2D eigenvalue weighted by Gasteiger charge is -2.07. The molecule has 0 spiro atoms. The fourth-order valence-corrected chi connectivity index (χ4v) is 0.776. The summed E-state index contributed by atoms with van der Waals surface area (Å²) in [5.74, 6) is 0.665. The third kappa shape index (κ3) is 2.96. The molecular formula is C8H14N4O2. The van der Waals surface area contributed by atoms with Gasteiger partial charge in [0.1, 0.15) is 0 Å². The predicted octanol–water partition coefficient (Wildman–Crippen LogP) is 1.20. The molecular weight excluding hydrogens is 184 g/mol. The highest BCUT2D eigenvalue weighted by molar-refractivity contribution is 5.86. The number of carbonyl (C=O) groups is 1. The number of anilines is 2. The molecule has 0 aromatic carbocycles. The van der Waals surface area contributed by atoms with Gasteiger partial charge in [-0.3, -0.25) is 10.4 Å². The van der Waals surface area contributed by atoms with Gasteiger partial charge in [-0.25, -0.2) is 4.79 Å². The Kier molecular flexibility index (Phi) is 3.33. The molecule has 6 nitrogen and oxygen atoms in total. The number of nitrogens with zero attached hydrogens (tertiary/aromatic N) is 1. The van der Waals surface area contributed by atoms with Crippen molar-refractivity contribution in [2.75, 3.05) is 17.7 Å². The summed E-state index contributed by atoms with van der Waals surface area (Å²) in [5, 5.41) is 8.63. The average Bonchev–Trinajstić information content (AvgIpc) is 2.49. The number of aromatic amines is 1. The first-order chi connectivity index (χ1) is 6.59. The molecule has 0 radical (unpaired) electrons. The molecule has 0 unspecified atom stereocenters. The van der Waals surface area contributed by atoms with Crippen LogP contribution in [-0.4, -0.2) is 22.9 Å². The second-order valence-electron chi connectivity index (χ2n) is 3.32. The van der Waals surface area contributed by atoms with Crippen molar-refractivity contribution >= 4 is 17.6 Å². The van der Waals surface area contributed by atoms with Crippen LogP contribution in [0.1, 0.15) is 13.8 Å². The quantitative estimate of drug-likeness (QED) is 0.680. The number of nitrogens with one attached hydrogen (secondary N) is 2. The van der Waals surface area contributed by atoms with E-state index in [1.165, 1.54) is 6.20 Å². The molecule has 1 rings (SSSR count). The number of H-pyrrole nitrogens is 1. The minimum atomic E-state index is -0.533. The summed E-state index contributed by atoms with van der Waals surface area (Å²) in [6.45, 7) is 4.29. The molecule has 1 aromatic rings. The maximum atomic E-state index is 11.1. The molecule has 4 N–H and O–H groups in total. The van der Waals surface area contributed by atoms with Gasteiger partial charge >= 0.3 is 6.09 Å². The van der Waals surface area contributed by atoms with Gasteiger partial charge in [0.2, 0.25) is 0 Å². The van der Waals surface area contributed by atoms with E-state index in [1.54, 1.807) is 0 Å². The second kappa shape index (κ2) is 4.50. The molecule has 78 valence electrons. The van der Waals surface area contributed by atoms with Crippen LogP contribution in [0.15, 0.2) is 6.20 Å². The summed E-state index contributed by atoms with van der Waals surface area (Å²) in [6.07, 6.45) is 0.882. The number of nitrogen functional groups attached to an aromatic ring is 1. The number of hydrogen-bond acceptors (Lipinski definition) is 4. The van der Waals surface area contributed by atoms with E-state index in [0.29, 0.717) is 24.0 Å². The summed E-state index contributed by atoms with van der Waals surface area (Å²) in [7, 11) is 0. The molecule has 0 fully saturated rings. The lowest BCUT2D eigenvalue weighted by atomic mass is 10.2. The number of amides is 1. The molecule has 6 heteroatoms. The zero-order chi connectivity index (χ0) is 10.6. The number of aromatic nitrogens is 2. The number of ether oxygens (including phenoxy) is 1. The molecule has 0 aliphatic rings. The smallest absolute Gasteiger partial charge is 0.412 e. The van der Waals surface area contributed by atoms with E-state index in [1.807, 2.05) is 13.8 Å². The Balaban J connectivity index is 2.38. The number of nitrogens with two attached hydrogens (primary N) is 1. The first-order valence-electron chi connectivity index (χ1n) is 4.32. The van der Waals surface area contributed by atoms with Gasteiger partial charge in [0, 0.05) is 0 Å². The number of hydrogen-bond donors (Lipinski definition) is 3. The van der Waals surface area contributed by atoms with E-state index in [4.69, 9.17) is 10.5 Å². The molecule has 0 bridgehead atoms. The predicted molar refractivity (Wildman–Crippen MR) is 52.8 cm³/mol. The molecule has 0 aliphatic heterocycles. The van der Waals surface area contributed by atoms with Crippen LogP contribution in [0, 0.1) is 5.92 Å². The Hall–Kier alpha value is -1.72. The maximum absolute atomic E-state index is 11.1. The van der Waals surface area contributed by atoms with Gasteiger partial charge in [0.15, 0.2) is 5.82 Å². The van der Waals surface area contributed by atoms with E-state index >= 15 is 0 Å². The molecule has 0 atom stereocenters. The molecule has 14 heavy (non-hydrogen) atoms. The second-order valence-corrected chi connectivity index (χ2v) is 3.32. The highest BCUT2D eigenvalue weighted by Gasteiger charge is 2.07. The van der Waals surface area contributed by atoms with Crippen molar-refractivity contribution in [1.29, 1.82) is 0 Å². The van der Waals surface area contributed by atoms with Crippen molar-refractivity contribution < 1.29 is 9.53 Å². The van der Waals surface area contributed by atoms with Gasteiger partial charge in [-0.2, -0.15) is 5.10 Å². The van der Waals surface area contributed by atoms with E-state index in [-0.39, 0.29) is 0 Å². The summed E-state index contributed by atoms with van der Waals surface area (Å²) < 4.78 is 4.88. The fraction of sp³-hybridized carbons (Fsp3) is 0.500. The SMILES string of the molecule is CC(C)COC(=O)Nc1[nH]ncc1N. The zero-order valence-corrected chi connectivity index (χ0v) is 8.20. The van der Waals surface area contributed by atoms with Crippen LogP contribution in [0.25, 0.3) is 0 Å². The van der Waals surface area contributed by atoms with E-state index < -0.39 is 6.09 Å². The first-order valence-corrected chi connectivity index (χ1v) is 4.32. The van der Waals surface area contributed by atoms with Gasteiger partial charge in [0.25, 0.3) is 0 Å². The molecule has 0 aliphatic carbocycles. The summed E-state index contributed by atoms with van der Waals surface area (Å²) >= 11 is 0. The van der Waals surface area contributed by atoms with Crippen LogP contribution >= 0.6 is 0 Å². The van der Waals surface area contributed by atoms with Gasteiger partial charge in [-0.1, -0.05) is 13.8 Å². The molecule has 1 amide bonds. The monoisotopic (exact) mass is 198 g/mol. The third-order valence-electron chi connectivity index (χ3n) is 1.44. The van der Waals surface area contributed by atoms with Gasteiger partial charge < -0.3 is 10.5 Å². The van der Waals surface area contributed by atoms with Gasteiger partial charge in [-0.05, 0) is 5.92 Å².